The monoisotopic (exact) mass is 1040 g/mol. The quantitative estimate of drug-likeness (QED) is 0.148. The van der Waals surface area contributed by atoms with Gasteiger partial charge >= 0.3 is 0 Å². The fraction of sp³-hybridized carbons (Fsp3) is 0.0127. The average molecular weight is 1040 g/mol. The van der Waals surface area contributed by atoms with Crippen molar-refractivity contribution in [1.82, 2.24) is 9.13 Å². The third-order valence-electron chi connectivity index (χ3n) is 17.7. The summed E-state index contributed by atoms with van der Waals surface area (Å²) in [4.78, 5) is 2.49. The molecule has 3 nitrogen and oxygen atoms in total. The second-order valence-electron chi connectivity index (χ2n) is 21.9. The van der Waals surface area contributed by atoms with Gasteiger partial charge in [0.25, 0.3) is 0 Å². The summed E-state index contributed by atoms with van der Waals surface area (Å²) in [6.45, 7) is 0. The van der Waals surface area contributed by atoms with E-state index in [9.17, 15) is 0 Å². The zero-order chi connectivity index (χ0) is 53.9. The van der Waals surface area contributed by atoms with Crippen molar-refractivity contribution in [3.05, 3.63) is 332 Å². The molecule has 0 atom stereocenters. The molecule has 1 spiro atoms. The van der Waals surface area contributed by atoms with Crippen molar-refractivity contribution in [3.8, 4) is 67.0 Å². The fourth-order valence-corrected chi connectivity index (χ4v) is 14.3. The first-order chi connectivity index (χ1) is 40.7. The van der Waals surface area contributed by atoms with Crippen molar-refractivity contribution in [2.24, 2.45) is 0 Å². The van der Waals surface area contributed by atoms with Crippen LogP contribution in [0.3, 0.4) is 0 Å². The van der Waals surface area contributed by atoms with Gasteiger partial charge in [0.2, 0.25) is 0 Å². The van der Waals surface area contributed by atoms with Gasteiger partial charge in [-0.3, -0.25) is 0 Å². The Hall–Kier alpha value is -10.7. The van der Waals surface area contributed by atoms with Crippen LogP contribution in [0.1, 0.15) is 22.3 Å². The number of fused-ring (bicyclic) bond motifs is 17. The van der Waals surface area contributed by atoms with Crippen molar-refractivity contribution >= 4 is 60.7 Å². The van der Waals surface area contributed by atoms with Crippen molar-refractivity contribution < 1.29 is 0 Å². The predicted molar refractivity (Wildman–Crippen MR) is 342 cm³/mol. The summed E-state index contributed by atoms with van der Waals surface area (Å²) in [5.74, 6) is 0. The maximum absolute atomic E-state index is 2.49. The summed E-state index contributed by atoms with van der Waals surface area (Å²) < 4.78 is 4.88. The minimum Gasteiger partial charge on any atom is -0.310 e. The predicted octanol–water partition coefficient (Wildman–Crippen LogP) is 20.7. The smallest absolute Gasteiger partial charge is 0.0725 e. The van der Waals surface area contributed by atoms with Crippen LogP contribution in [0.15, 0.2) is 309 Å². The van der Waals surface area contributed by atoms with Gasteiger partial charge in [-0.15, -0.1) is 0 Å². The van der Waals surface area contributed by atoms with Gasteiger partial charge in [-0.2, -0.15) is 0 Å². The maximum Gasteiger partial charge on any atom is 0.0725 e. The van der Waals surface area contributed by atoms with Crippen molar-refractivity contribution in [1.29, 1.82) is 0 Å². The Balaban J connectivity index is 0.940. The van der Waals surface area contributed by atoms with Crippen molar-refractivity contribution in [2.75, 3.05) is 4.90 Å². The number of anilines is 3. The molecular formula is C79H51N3. The largest absolute Gasteiger partial charge is 0.310 e. The van der Waals surface area contributed by atoms with Gasteiger partial charge in [0.1, 0.15) is 0 Å². The molecule has 2 aliphatic carbocycles. The summed E-state index contributed by atoms with van der Waals surface area (Å²) in [5, 5.41) is 4.89. The number of rotatable bonds is 8. The van der Waals surface area contributed by atoms with E-state index < -0.39 is 5.41 Å². The molecule has 382 valence electrons. The van der Waals surface area contributed by atoms with Gasteiger partial charge in [0, 0.05) is 49.9 Å². The molecule has 0 radical (unpaired) electrons. The molecule has 2 aliphatic rings. The standard InChI is InChI=1S/C79H51N3/c1-5-23-52(24-6-1)55-47-56(49-60(48-55)80(72-39-21-16-31-61(72)53-25-7-2-8-26-53)59-42-45-74-66(51-59)64-34-17-22-40-73(64)81(74)57-27-9-3-10-28-57)54-41-44-75-67(50-54)78-76(82(75)58-29-11-4-12-30-58)46-43-71-77(78)65-35-15-20-38-70(65)79(71)68-36-18-13-32-62(68)63-33-14-19-37-69(63)79/h1-51H. The molecule has 0 saturated carbocycles. The molecule has 2 aromatic heterocycles. The van der Waals surface area contributed by atoms with E-state index in [1.807, 2.05) is 0 Å². The zero-order valence-corrected chi connectivity index (χ0v) is 44.8. The van der Waals surface area contributed by atoms with E-state index in [-0.39, 0.29) is 0 Å². The maximum atomic E-state index is 2.49. The van der Waals surface area contributed by atoms with Gasteiger partial charge < -0.3 is 14.0 Å². The molecular weight excluding hydrogens is 991 g/mol. The highest BCUT2D eigenvalue weighted by molar-refractivity contribution is 6.20. The van der Waals surface area contributed by atoms with Crippen molar-refractivity contribution in [2.45, 2.75) is 5.41 Å². The topological polar surface area (TPSA) is 13.1 Å². The highest BCUT2D eigenvalue weighted by atomic mass is 15.1. The number of hydrogen-bond donors (Lipinski definition) is 0. The second-order valence-corrected chi connectivity index (χ2v) is 21.9. The lowest BCUT2D eigenvalue weighted by Gasteiger charge is -2.30. The molecule has 0 saturated heterocycles. The first-order valence-corrected chi connectivity index (χ1v) is 28.4. The number of para-hydroxylation sites is 4. The Labute approximate surface area is 476 Å². The molecule has 3 heteroatoms. The highest BCUT2D eigenvalue weighted by Crippen LogP contribution is 2.64. The molecule has 13 aromatic carbocycles. The summed E-state index contributed by atoms with van der Waals surface area (Å²) >= 11 is 0. The van der Waals surface area contributed by atoms with Crippen LogP contribution in [-0.4, -0.2) is 9.13 Å². The number of benzene rings is 13. The van der Waals surface area contributed by atoms with Crippen LogP contribution >= 0.6 is 0 Å². The summed E-state index contributed by atoms with van der Waals surface area (Å²) in [7, 11) is 0. The zero-order valence-electron chi connectivity index (χ0n) is 44.8. The van der Waals surface area contributed by atoms with Crippen LogP contribution < -0.4 is 4.90 Å². The lowest BCUT2D eigenvalue weighted by atomic mass is 9.70. The molecule has 0 bridgehead atoms. The Morgan fingerprint density at radius 2 is 0.744 bits per heavy atom. The summed E-state index contributed by atoms with van der Waals surface area (Å²) in [6, 6.07) is 115. The van der Waals surface area contributed by atoms with E-state index in [1.54, 1.807) is 0 Å². The fourth-order valence-electron chi connectivity index (χ4n) is 14.3. The normalized spacial score (nSPS) is 12.7. The molecule has 82 heavy (non-hydrogen) atoms. The Bertz CT molecular complexity index is 4990. The molecule has 2 heterocycles. The summed E-state index contributed by atoms with van der Waals surface area (Å²) in [6.07, 6.45) is 0. The van der Waals surface area contributed by atoms with Crippen molar-refractivity contribution in [3.63, 3.8) is 0 Å². The molecule has 15 aromatic rings. The first-order valence-electron chi connectivity index (χ1n) is 28.4. The summed E-state index contributed by atoms with van der Waals surface area (Å²) in [5.41, 5.74) is 27.2. The van der Waals surface area contributed by atoms with E-state index in [0.717, 1.165) is 67.3 Å². The average Bonchev–Trinajstić information content (AvgIpc) is 1.88. The molecule has 0 unspecified atom stereocenters. The molecule has 0 N–H and O–H groups in total. The van der Waals surface area contributed by atoms with Crippen LogP contribution in [-0.2, 0) is 5.41 Å². The van der Waals surface area contributed by atoms with E-state index >= 15 is 0 Å². The van der Waals surface area contributed by atoms with Crippen LogP contribution in [0.2, 0.25) is 0 Å². The Kier molecular flexibility index (Phi) is 10.2. The van der Waals surface area contributed by atoms with Gasteiger partial charge in [-0.05, 0) is 163 Å². The van der Waals surface area contributed by atoms with E-state index in [4.69, 9.17) is 0 Å². The van der Waals surface area contributed by atoms with Gasteiger partial charge in [-0.1, -0.05) is 218 Å². The lowest BCUT2D eigenvalue weighted by molar-refractivity contribution is 0.794. The van der Waals surface area contributed by atoms with E-state index in [0.29, 0.717) is 0 Å². The minimum atomic E-state index is -0.468. The number of nitrogens with zero attached hydrogens (tertiary/aromatic N) is 3. The first kappa shape index (κ1) is 46.2. The molecule has 0 aliphatic heterocycles. The Morgan fingerprint density at radius 3 is 1.43 bits per heavy atom. The van der Waals surface area contributed by atoms with Crippen LogP contribution in [0.5, 0.6) is 0 Å². The third-order valence-corrected chi connectivity index (χ3v) is 17.7. The molecule has 0 amide bonds. The number of hydrogen-bond acceptors (Lipinski definition) is 1. The van der Waals surface area contributed by atoms with Gasteiger partial charge in [0.05, 0.1) is 33.2 Å². The van der Waals surface area contributed by atoms with E-state index in [1.165, 1.54) is 82.6 Å². The van der Waals surface area contributed by atoms with Gasteiger partial charge in [-0.25, -0.2) is 0 Å². The third kappa shape index (κ3) is 6.71. The molecule has 17 rings (SSSR count). The SMILES string of the molecule is c1ccc(-c2cc(-c3ccc4c(c3)c3c5c(ccc3n4-c3ccccc3)C3(c4ccccc4-c4ccccc43)c3ccccc3-5)cc(N(c3ccc4c(c3)c3ccccc3n4-c3ccccc3)c3ccccc3-c3ccccc3)c2)cc1. The van der Waals surface area contributed by atoms with E-state index in [2.05, 4.69) is 323 Å². The van der Waals surface area contributed by atoms with Gasteiger partial charge in [0.15, 0.2) is 0 Å². The second kappa shape index (κ2) is 18.2. The molecule has 0 fully saturated rings. The Morgan fingerprint density at radius 1 is 0.256 bits per heavy atom. The lowest BCUT2D eigenvalue weighted by Crippen LogP contribution is -2.25. The number of aromatic nitrogens is 2. The van der Waals surface area contributed by atoms with Crippen LogP contribution in [0.4, 0.5) is 17.1 Å². The van der Waals surface area contributed by atoms with Crippen LogP contribution in [0, 0.1) is 0 Å². The highest BCUT2D eigenvalue weighted by Gasteiger charge is 2.52. The minimum absolute atomic E-state index is 0.468. The van der Waals surface area contributed by atoms with Crippen LogP contribution in [0.25, 0.3) is 111 Å².